The highest BCUT2D eigenvalue weighted by atomic mass is 15.1. The van der Waals surface area contributed by atoms with E-state index in [9.17, 15) is 0 Å². The Labute approximate surface area is 92.7 Å². The molecular formula is C12H23N3. The molecule has 86 valence electrons. The fourth-order valence-corrected chi connectivity index (χ4v) is 1.49. The normalized spacial score (nSPS) is 14.2. The van der Waals surface area contributed by atoms with Gasteiger partial charge in [0.2, 0.25) is 0 Å². The minimum absolute atomic E-state index is 0.118. The Morgan fingerprint density at radius 2 is 2.13 bits per heavy atom. The summed E-state index contributed by atoms with van der Waals surface area (Å²) < 4.78 is 2.18. The highest BCUT2D eigenvalue weighted by molar-refractivity contribution is 5.04. The van der Waals surface area contributed by atoms with Crippen molar-refractivity contribution in [2.75, 3.05) is 0 Å². The van der Waals surface area contributed by atoms with Gasteiger partial charge in [0, 0.05) is 18.8 Å². The Morgan fingerprint density at radius 1 is 1.47 bits per heavy atom. The molecule has 0 bridgehead atoms. The lowest BCUT2D eigenvalue weighted by atomic mass is 9.92. The molecule has 0 unspecified atom stereocenters. The fraction of sp³-hybridized carbons (Fsp3) is 0.750. The molecule has 0 spiro atoms. The molecule has 0 amide bonds. The van der Waals surface area contributed by atoms with Crippen LogP contribution in [0, 0.1) is 5.41 Å². The molecule has 0 aromatic carbocycles. The number of aryl methyl sites for hydroxylation is 1. The Balaban J connectivity index is 2.65. The third kappa shape index (κ3) is 3.67. The number of imidazole rings is 1. The van der Waals surface area contributed by atoms with Gasteiger partial charge in [-0.3, -0.25) is 0 Å². The van der Waals surface area contributed by atoms with E-state index in [0.29, 0.717) is 5.41 Å². The monoisotopic (exact) mass is 209 g/mol. The molecule has 2 N–H and O–H groups in total. The Hall–Kier alpha value is -0.830. The Bertz CT molecular complexity index is 296. The first-order valence-electron chi connectivity index (χ1n) is 5.69. The Morgan fingerprint density at radius 3 is 2.67 bits per heavy atom. The molecule has 1 aromatic heterocycles. The van der Waals surface area contributed by atoms with Crippen LogP contribution in [-0.2, 0) is 6.54 Å². The summed E-state index contributed by atoms with van der Waals surface area (Å²) in [4.78, 5) is 4.17. The maximum Gasteiger partial charge on any atom is 0.0948 e. The van der Waals surface area contributed by atoms with Crippen molar-refractivity contribution in [2.24, 2.45) is 11.1 Å². The van der Waals surface area contributed by atoms with Gasteiger partial charge in [-0.15, -0.1) is 0 Å². The van der Waals surface area contributed by atoms with Gasteiger partial charge in [-0.1, -0.05) is 27.7 Å². The average Bonchev–Trinajstić information content (AvgIpc) is 2.60. The van der Waals surface area contributed by atoms with Crippen molar-refractivity contribution in [1.29, 1.82) is 0 Å². The van der Waals surface area contributed by atoms with Crippen LogP contribution in [0.5, 0.6) is 0 Å². The first kappa shape index (κ1) is 12.2. The summed E-state index contributed by atoms with van der Waals surface area (Å²) in [7, 11) is 0. The molecule has 3 nitrogen and oxygen atoms in total. The van der Waals surface area contributed by atoms with Crippen molar-refractivity contribution in [3.63, 3.8) is 0 Å². The molecule has 1 aromatic rings. The molecule has 0 saturated carbocycles. The Kier molecular flexibility index (Phi) is 3.91. The van der Waals surface area contributed by atoms with E-state index in [4.69, 9.17) is 5.73 Å². The quantitative estimate of drug-likeness (QED) is 0.828. The molecule has 1 heterocycles. The summed E-state index contributed by atoms with van der Waals surface area (Å²) in [5.41, 5.74) is 7.53. The van der Waals surface area contributed by atoms with E-state index in [-0.39, 0.29) is 6.04 Å². The number of aromatic nitrogens is 2. The fourth-order valence-electron chi connectivity index (χ4n) is 1.49. The van der Waals surface area contributed by atoms with E-state index < -0.39 is 0 Å². The first-order chi connectivity index (χ1) is 6.94. The van der Waals surface area contributed by atoms with Crippen LogP contribution in [0.4, 0.5) is 0 Å². The second-order valence-electron chi connectivity index (χ2n) is 5.34. The standard InChI is InChI=1S/C12H23N3/c1-5-10(13)11-8-14-9-15(11)7-6-12(2,3)4/h8-10H,5-7,13H2,1-4H3/t10-/m1/s1. The molecule has 0 fully saturated rings. The van der Waals surface area contributed by atoms with Crippen molar-refractivity contribution in [3.8, 4) is 0 Å². The maximum absolute atomic E-state index is 6.02. The van der Waals surface area contributed by atoms with Crippen LogP contribution < -0.4 is 5.73 Å². The van der Waals surface area contributed by atoms with Crippen molar-refractivity contribution in [2.45, 2.75) is 53.1 Å². The van der Waals surface area contributed by atoms with Gasteiger partial charge < -0.3 is 10.3 Å². The number of nitrogens with zero attached hydrogens (tertiary/aromatic N) is 2. The zero-order chi connectivity index (χ0) is 11.5. The molecule has 0 radical (unpaired) electrons. The predicted molar refractivity (Wildman–Crippen MR) is 63.5 cm³/mol. The van der Waals surface area contributed by atoms with Crippen LogP contribution in [0.25, 0.3) is 0 Å². The zero-order valence-electron chi connectivity index (χ0n) is 10.3. The molecule has 3 heteroatoms. The molecule has 0 aliphatic heterocycles. The van der Waals surface area contributed by atoms with Gasteiger partial charge >= 0.3 is 0 Å². The van der Waals surface area contributed by atoms with Gasteiger partial charge in [-0.2, -0.15) is 0 Å². The van der Waals surface area contributed by atoms with E-state index in [1.54, 1.807) is 0 Å². The average molecular weight is 209 g/mol. The number of hydrogen-bond donors (Lipinski definition) is 1. The molecule has 1 atom stereocenters. The minimum atomic E-state index is 0.118. The third-order valence-electron chi connectivity index (χ3n) is 2.67. The smallest absolute Gasteiger partial charge is 0.0948 e. The van der Waals surface area contributed by atoms with Crippen molar-refractivity contribution < 1.29 is 0 Å². The summed E-state index contributed by atoms with van der Waals surface area (Å²) in [6, 6.07) is 0.118. The molecular weight excluding hydrogens is 186 g/mol. The van der Waals surface area contributed by atoms with Gasteiger partial charge in [0.25, 0.3) is 0 Å². The van der Waals surface area contributed by atoms with E-state index in [2.05, 4.69) is 37.2 Å². The molecule has 1 rings (SSSR count). The minimum Gasteiger partial charge on any atom is -0.333 e. The number of hydrogen-bond acceptors (Lipinski definition) is 2. The lowest BCUT2D eigenvalue weighted by Gasteiger charge is -2.20. The SMILES string of the molecule is CC[C@@H](N)c1cncn1CCC(C)(C)C. The van der Waals surface area contributed by atoms with Crippen molar-refractivity contribution in [3.05, 3.63) is 18.2 Å². The van der Waals surface area contributed by atoms with Crippen LogP contribution in [-0.4, -0.2) is 9.55 Å². The number of rotatable bonds is 4. The van der Waals surface area contributed by atoms with Gasteiger partial charge in [-0.05, 0) is 18.3 Å². The lowest BCUT2D eigenvalue weighted by molar-refractivity contribution is 0.346. The highest BCUT2D eigenvalue weighted by Gasteiger charge is 2.13. The van der Waals surface area contributed by atoms with Crippen molar-refractivity contribution in [1.82, 2.24) is 9.55 Å². The van der Waals surface area contributed by atoms with Gasteiger partial charge in [0.15, 0.2) is 0 Å². The van der Waals surface area contributed by atoms with E-state index in [0.717, 1.165) is 25.1 Å². The largest absolute Gasteiger partial charge is 0.333 e. The van der Waals surface area contributed by atoms with Gasteiger partial charge in [0.1, 0.15) is 0 Å². The summed E-state index contributed by atoms with van der Waals surface area (Å²) in [6.45, 7) is 9.87. The topological polar surface area (TPSA) is 43.8 Å². The molecule has 15 heavy (non-hydrogen) atoms. The van der Waals surface area contributed by atoms with Crippen LogP contribution in [0.15, 0.2) is 12.5 Å². The van der Waals surface area contributed by atoms with Crippen molar-refractivity contribution >= 4 is 0 Å². The van der Waals surface area contributed by atoms with Gasteiger partial charge in [0.05, 0.1) is 12.0 Å². The van der Waals surface area contributed by atoms with E-state index >= 15 is 0 Å². The highest BCUT2D eigenvalue weighted by Crippen LogP contribution is 2.21. The molecule has 0 aliphatic rings. The maximum atomic E-state index is 6.02. The second kappa shape index (κ2) is 4.79. The predicted octanol–water partition coefficient (Wildman–Crippen LogP) is 2.73. The van der Waals surface area contributed by atoms with E-state index in [1.165, 1.54) is 0 Å². The van der Waals surface area contributed by atoms with E-state index in [1.807, 2.05) is 12.5 Å². The summed E-state index contributed by atoms with van der Waals surface area (Å²) >= 11 is 0. The number of nitrogens with two attached hydrogens (primary N) is 1. The zero-order valence-corrected chi connectivity index (χ0v) is 10.3. The third-order valence-corrected chi connectivity index (χ3v) is 2.67. The van der Waals surface area contributed by atoms with Crippen LogP contribution in [0.2, 0.25) is 0 Å². The second-order valence-corrected chi connectivity index (χ2v) is 5.34. The lowest BCUT2D eigenvalue weighted by Crippen LogP contribution is -2.17. The van der Waals surface area contributed by atoms with Crippen LogP contribution >= 0.6 is 0 Å². The van der Waals surface area contributed by atoms with Crippen LogP contribution in [0.1, 0.15) is 52.3 Å². The molecule has 0 saturated heterocycles. The summed E-state index contributed by atoms with van der Waals surface area (Å²) in [6.07, 6.45) is 5.88. The van der Waals surface area contributed by atoms with Gasteiger partial charge in [-0.25, -0.2) is 4.98 Å². The summed E-state index contributed by atoms with van der Waals surface area (Å²) in [5.74, 6) is 0. The molecule has 0 aliphatic carbocycles. The van der Waals surface area contributed by atoms with Crippen LogP contribution in [0.3, 0.4) is 0 Å². The first-order valence-corrected chi connectivity index (χ1v) is 5.69. The summed E-state index contributed by atoms with van der Waals surface area (Å²) in [5, 5.41) is 0.